The first kappa shape index (κ1) is 11.9. The molecule has 1 aromatic rings. The van der Waals surface area contributed by atoms with Crippen molar-refractivity contribution in [1.29, 1.82) is 0 Å². The number of ether oxygens (including phenoxy) is 2. The topological polar surface area (TPSA) is 51.6 Å². The first-order valence-corrected chi connectivity index (χ1v) is 6.55. The van der Waals surface area contributed by atoms with Crippen molar-refractivity contribution in [3.63, 3.8) is 0 Å². The Morgan fingerprint density at radius 3 is 2.33 bits per heavy atom. The molecule has 18 heavy (non-hydrogen) atoms. The van der Waals surface area contributed by atoms with Crippen LogP contribution in [0.5, 0.6) is 5.75 Å². The van der Waals surface area contributed by atoms with E-state index in [2.05, 4.69) is 11.9 Å². The fourth-order valence-electron chi connectivity index (χ4n) is 2.97. The summed E-state index contributed by atoms with van der Waals surface area (Å²) in [6.07, 6.45) is 5.38. The summed E-state index contributed by atoms with van der Waals surface area (Å²) in [5.74, 6) is -0.103. The second kappa shape index (κ2) is 4.21. The number of hydrogen-bond acceptors (Lipinski definition) is 4. The van der Waals surface area contributed by atoms with Gasteiger partial charge < -0.3 is 14.6 Å². The zero-order valence-corrected chi connectivity index (χ0v) is 10.7. The van der Waals surface area contributed by atoms with Gasteiger partial charge in [0.2, 0.25) is 0 Å². The Morgan fingerprint density at radius 2 is 1.78 bits per heavy atom. The van der Waals surface area contributed by atoms with Crippen LogP contribution in [0.25, 0.3) is 0 Å². The number of pyridine rings is 1. The molecule has 1 saturated heterocycles. The lowest BCUT2D eigenvalue weighted by Crippen LogP contribution is -2.41. The third-order valence-corrected chi connectivity index (χ3v) is 4.30. The highest BCUT2D eigenvalue weighted by Crippen LogP contribution is 2.45. The van der Waals surface area contributed by atoms with Crippen LogP contribution in [0.1, 0.15) is 38.3 Å². The number of hydrogen-bond donors (Lipinski definition) is 1. The SMILES string of the molecule is CC1(c2ccc(O)cn2)CCC2(CC1)OCCO2. The molecule has 2 aliphatic rings. The van der Waals surface area contributed by atoms with Gasteiger partial charge in [0.1, 0.15) is 5.75 Å². The summed E-state index contributed by atoms with van der Waals surface area (Å²) in [4.78, 5) is 4.36. The van der Waals surface area contributed by atoms with Crippen LogP contribution in [0.15, 0.2) is 18.3 Å². The van der Waals surface area contributed by atoms with Crippen LogP contribution < -0.4 is 0 Å². The zero-order valence-electron chi connectivity index (χ0n) is 10.7. The third-order valence-electron chi connectivity index (χ3n) is 4.30. The van der Waals surface area contributed by atoms with Crippen molar-refractivity contribution in [2.75, 3.05) is 13.2 Å². The quantitative estimate of drug-likeness (QED) is 0.830. The maximum atomic E-state index is 9.30. The summed E-state index contributed by atoms with van der Waals surface area (Å²) in [6.45, 7) is 3.66. The molecular formula is C14H19NO3. The molecule has 0 unspecified atom stereocenters. The molecule has 98 valence electrons. The average molecular weight is 249 g/mol. The Bertz CT molecular complexity index is 413. The highest BCUT2D eigenvalue weighted by atomic mass is 16.7. The molecule has 4 nitrogen and oxygen atoms in total. The Morgan fingerprint density at radius 1 is 1.11 bits per heavy atom. The average Bonchev–Trinajstić information content (AvgIpc) is 2.83. The van der Waals surface area contributed by atoms with Crippen molar-refractivity contribution in [2.24, 2.45) is 0 Å². The maximum Gasteiger partial charge on any atom is 0.168 e. The van der Waals surface area contributed by atoms with Gasteiger partial charge in [-0.3, -0.25) is 4.98 Å². The van der Waals surface area contributed by atoms with E-state index in [1.165, 1.54) is 6.20 Å². The molecule has 0 bridgehead atoms. The normalized spacial score (nSPS) is 25.4. The number of rotatable bonds is 1. The third kappa shape index (κ3) is 1.99. The molecule has 4 heteroatoms. The molecule has 0 atom stereocenters. The second-order valence-corrected chi connectivity index (χ2v) is 5.57. The highest BCUT2D eigenvalue weighted by Gasteiger charge is 2.45. The van der Waals surface area contributed by atoms with Crippen molar-refractivity contribution in [2.45, 2.75) is 43.8 Å². The minimum atomic E-state index is -0.323. The van der Waals surface area contributed by atoms with E-state index in [0.29, 0.717) is 13.2 Å². The highest BCUT2D eigenvalue weighted by molar-refractivity contribution is 5.24. The predicted octanol–water partition coefficient (Wildman–Crippen LogP) is 2.36. The van der Waals surface area contributed by atoms with E-state index in [1.54, 1.807) is 6.07 Å². The Kier molecular flexibility index (Phi) is 2.79. The largest absolute Gasteiger partial charge is 0.506 e. The van der Waals surface area contributed by atoms with Gasteiger partial charge in [-0.2, -0.15) is 0 Å². The smallest absolute Gasteiger partial charge is 0.168 e. The van der Waals surface area contributed by atoms with Gasteiger partial charge in [-0.25, -0.2) is 0 Å². The van der Waals surface area contributed by atoms with E-state index < -0.39 is 0 Å². The molecule has 1 aliphatic heterocycles. The first-order chi connectivity index (χ1) is 8.62. The number of aromatic nitrogens is 1. The molecule has 1 saturated carbocycles. The summed E-state index contributed by atoms with van der Waals surface area (Å²) in [5, 5.41) is 9.30. The summed E-state index contributed by atoms with van der Waals surface area (Å²) >= 11 is 0. The number of nitrogens with zero attached hydrogens (tertiary/aromatic N) is 1. The van der Waals surface area contributed by atoms with Crippen molar-refractivity contribution >= 4 is 0 Å². The van der Waals surface area contributed by atoms with E-state index >= 15 is 0 Å². The minimum Gasteiger partial charge on any atom is -0.506 e. The second-order valence-electron chi connectivity index (χ2n) is 5.57. The van der Waals surface area contributed by atoms with E-state index in [4.69, 9.17) is 9.47 Å². The van der Waals surface area contributed by atoms with Crippen LogP contribution >= 0.6 is 0 Å². The molecule has 1 N–H and O–H groups in total. The summed E-state index contributed by atoms with van der Waals surface area (Å²) < 4.78 is 11.5. The van der Waals surface area contributed by atoms with Crippen molar-refractivity contribution in [3.8, 4) is 5.75 Å². The molecule has 0 aromatic carbocycles. The van der Waals surface area contributed by atoms with Gasteiger partial charge in [-0.1, -0.05) is 6.92 Å². The molecule has 1 aliphatic carbocycles. The lowest BCUT2D eigenvalue weighted by Gasteiger charge is -2.41. The maximum absolute atomic E-state index is 9.30. The standard InChI is InChI=1S/C14H19NO3/c1-13(12-3-2-11(16)10-15-12)4-6-14(7-5-13)17-8-9-18-14/h2-3,10,16H,4-9H2,1H3. The summed E-state index contributed by atoms with van der Waals surface area (Å²) in [7, 11) is 0. The Balaban J connectivity index is 1.75. The minimum absolute atomic E-state index is 0.0637. The van der Waals surface area contributed by atoms with Crippen LogP contribution in [0, 0.1) is 0 Å². The Labute approximate surface area is 107 Å². The molecule has 3 rings (SSSR count). The lowest BCUT2D eigenvalue weighted by molar-refractivity contribution is -0.184. The molecule has 2 heterocycles. The molecule has 2 fully saturated rings. The van der Waals surface area contributed by atoms with Crippen LogP contribution in [0.4, 0.5) is 0 Å². The molecule has 1 aromatic heterocycles. The van der Waals surface area contributed by atoms with E-state index in [-0.39, 0.29) is 17.0 Å². The monoisotopic (exact) mass is 249 g/mol. The molecule has 1 spiro atoms. The van der Waals surface area contributed by atoms with Crippen LogP contribution in [-0.4, -0.2) is 29.1 Å². The molecular weight excluding hydrogens is 230 g/mol. The van der Waals surface area contributed by atoms with Gasteiger partial charge in [0.15, 0.2) is 5.79 Å². The van der Waals surface area contributed by atoms with Crippen molar-refractivity contribution in [1.82, 2.24) is 4.98 Å². The van der Waals surface area contributed by atoms with E-state index in [9.17, 15) is 5.11 Å². The van der Waals surface area contributed by atoms with Gasteiger partial charge in [-0.15, -0.1) is 0 Å². The molecule has 0 radical (unpaired) electrons. The number of aromatic hydroxyl groups is 1. The van der Waals surface area contributed by atoms with Crippen molar-refractivity contribution < 1.29 is 14.6 Å². The van der Waals surface area contributed by atoms with Gasteiger partial charge in [0, 0.05) is 24.0 Å². The van der Waals surface area contributed by atoms with Gasteiger partial charge in [-0.05, 0) is 25.0 Å². The van der Waals surface area contributed by atoms with Crippen LogP contribution in [0.2, 0.25) is 0 Å². The van der Waals surface area contributed by atoms with Crippen molar-refractivity contribution in [3.05, 3.63) is 24.0 Å². The fraction of sp³-hybridized carbons (Fsp3) is 0.643. The van der Waals surface area contributed by atoms with Gasteiger partial charge in [0.05, 0.1) is 19.4 Å². The molecule has 0 amide bonds. The predicted molar refractivity (Wildman–Crippen MR) is 66.4 cm³/mol. The van der Waals surface area contributed by atoms with E-state index in [1.807, 2.05) is 6.07 Å². The first-order valence-electron chi connectivity index (χ1n) is 6.55. The summed E-state index contributed by atoms with van der Waals surface area (Å²) in [6, 6.07) is 3.63. The summed E-state index contributed by atoms with van der Waals surface area (Å²) in [5.41, 5.74) is 1.11. The zero-order chi connectivity index (χ0) is 12.6. The Hall–Kier alpha value is -1.13. The van der Waals surface area contributed by atoms with E-state index in [0.717, 1.165) is 31.4 Å². The van der Waals surface area contributed by atoms with Crippen LogP contribution in [0.3, 0.4) is 0 Å². The van der Waals surface area contributed by atoms with Gasteiger partial charge >= 0.3 is 0 Å². The lowest BCUT2D eigenvalue weighted by atomic mass is 9.71. The van der Waals surface area contributed by atoms with Gasteiger partial charge in [0.25, 0.3) is 0 Å². The van der Waals surface area contributed by atoms with Crippen LogP contribution in [-0.2, 0) is 14.9 Å². The fourth-order valence-corrected chi connectivity index (χ4v) is 2.97.